The van der Waals surface area contributed by atoms with E-state index in [1.54, 1.807) is 6.92 Å². The van der Waals surface area contributed by atoms with E-state index in [9.17, 15) is 18.0 Å². The first-order chi connectivity index (χ1) is 13.8. The Labute approximate surface area is 166 Å². The Hall–Kier alpha value is -2.91. The lowest BCUT2D eigenvalue weighted by Crippen LogP contribution is -2.33. The van der Waals surface area contributed by atoms with Crippen molar-refractivity contribution in [3.63, 3.8) is 0 Å². The van der Waals surface area contributed by atoms with Gasteiger partial charge in [-0.25, -0.2) is 0 Å². The van der Waals surface area contributed by atoms with Gasteiger partial charge < -0.3 is 14.7 Å². The van der Waals surface area contributed by atoms with Crippen LogP contribution in [0, 0.1) is 0 Å². The van der Waals surface area contributed by atoms with Gasteiger partial charge in [0.1, 0.15) is 6.61 Å². The Morgan fingerprint density at radius 2 is 2.00 bits per heavy atom. The summed E-state index contributed by atoms with van der Waals surface area (Å²) in [5.41, 5.74) is 0.626. The number of amides is 1. The molecule has 0 saturated carbocycles. The molecule has 1 aromatic heterocycles. The summed E-state index contributed by atoms with van der Waals surface area (Å²) < 4.78 is 41.8. The van der Waals surface area contributed by atoms with E-state index in [0.29, 0.717) is 17.7 Å². The molecule has 10 heteroatoms. The molecule has 1 unspecified atom stereocenters. The van der Waals surface area contributed by atoms with Gasteiger partial charge in [-0.2, -0.15) is 18.2 Å². The molecule has 158 valence electrons. The lowest BCUT2D eigenvalue weighted by molar-refractivity contribution is -0.159. The molecule has 29 heavy (non-hydrogen) atoms. The minimum absolute atomic E-state index is 0.208. The highest BCUT2D eigenvalue weighted by Gasteiger charge is 2.38. The van der Waals surface area contributed by atoms with Crippen molar-refractivity contribution in [1.82, 2.24) is 15.5 Å². The molecule has 0 aliphatic heterocycles. The smallest absolute Gasteiger partial charge is 0.396 e. The van der Waals surface area contributed by atoms with Gasteiger partial charge in [0, 0.05) is 11.1 Å². The van der Waals surface area contributed by atoms with Crippen molar-refractivity contribution in [3.8, 4) is 11.4 Å². The fraction of sp³-hybridized carbons (Fsp3) is 0.474. The quantitative estimate of drug-likeness (QED) is 0.354. The zero-order valence-electron chi connectivity index (χ0n) is 16.2. The predicted octanol–water partition coefficient (Wildman–Crippen LogP) is 4.46. The number of aromatic nitrogens is 2. The molecule has 0 aliphatic carbocycles. The molecule has 1 amide bonds. The van der Waals surface area contributed by atoms with E-state index < -0.39 is 12.1 Å². The van der Waals surface area contributed by atoms with Gasteiger partial charge in [0.2, 0.25) is 5.82 Å². The van der Waals surface area contributed by atoms with Crippen molar-refractivity contribution in [2.45, 2.75) is 51.7 Å². The number of halogens is 3. The molecule has 2 rings (SSSR count). The number of rotatable bonds is 10. The highest BCUT2D eigenvalue weighted by atomic mass is 19.4. The van der Waals surface area contributed by atoms with Crippen LogP contribution in [0.4, 0.5) is 13.2 Å². The van der Waals surface area contributed by atoms with Crippen molar-refractivity contribution in [3.05, 3.63) is 35.7 Å². The van der Waals surface area contributed by atoms with Crippen LogP contribution in [0.15, 0.2) is 33.9 Å². The molecule has 1 N–H and O–H groups in total. The Bertz CT molecular complexity index is 804. The van der Waals surface area contributed by atoms with Gasteiger partial charge in [-0.15, -0.1) is 0 Å². The number of nitrogens with one attached hydrogen (secondary N) is 1. The second-order valence-corrected chi connectivity index (χ2v) is 6.41. The van der Waals surface area contributed by atoms with E-state index >= 15 is 0 Å². The Balaban J connectivity index is 1.84. The summed E-state index contributed by atoms with van der Waals surface area (Å²) in [5.74, 6) is -1.99. The van der Waals surface area contributed by atoms with Gasteiger partial charge in [0.15, 0.2) is 0 Å². The Kier molecular flexibility index (Phi) is 8.17. The van der Waals surface area contributed by atoms with Crippen LogP contribution < -0.4 is 5.32 Å². The topological polar surface area (TPSA) is 89.6 Å². The van der Waals surface area contributed by atoms with Crippen LogP contribution in [0.2, 0.25) is 0 Å². The maximum atomic E-state index is 12.5. The molecular weight excluding hydrogens is 389 g/mol. The zero-order valence-corrected chi connectivity index (χ0v) is 16.2. The molecule has 0 spiro atoms. The van der Waals surface area contributed by atoms with Crippen LogP contribution in [0.1, 0.15) is 55.8 Å². The van der Waals surface area contributed by atoms with Crippen molar-refractivity contribution < 1.29 is 27.3 Å². The maximum absolute atomic E-state index is 12.5. The molecule has 0 aliphatic rings. The van der Waals surface area contributed by atoms with Gasteiger partial charge in [0.25, 0.3) is 5.91 Å². The number of alkyl halides is 3. The zero-order chi connectivity index (χ0) is 21.3. The molecule has 0 bridgehead atoms. The highest BCUT2D eigenvalue weighted by Crippen LogP contribution is 2.29. The summed E-state index contributed by atoms with van der Waals surface area (Å²) in [6.07, 6.45) is 1.12. The molecule has 1 heterocycles. The molecule has 0 radical (unpaired) electrons. The average molecular weight is 412 g/mol. The number of nitrogens with zero attached hydrogens (tertiary/aromatic N) is 3. The molecule has 0 saturated heterocycles. The van der Waals surface area contributed by atoms with Gasteiger partial charge in [-0.3, -0.25) is 4.79 Å². The van der Waals surface area contributed by atoms with Crippen LogP contribution in [0.5, 0.6) is 0 Å². The van der Waals surface area contributed by atoms with Crippen LogP contribution in [-0.2, 0) is 11.0 Å². The van der Waals surface area contributed by atoms with E-state index in [0.717, 1.165) is 25.7 Å². The normalized spacial score (nSPS) is 12.9. The second-order valence-electron chi connectivity index (χ2n) is 6.41. The van der Waals surface area contributed by atoms with Gasteiger partial charge >= 0.3 is 12.1 Å². The number of benzene rings is 1. The van der Waals surface area contributed by atoms with E-state index in [4.69, 9.17) is 4.84 Å². The summed E-state index contributed by atoms with van der Waals surface area (Å²) in [7, 11) is 0. The second kappa shape index (κ2) is 10.6. The molecule has 0 fully saturated rings. The molecule has 1 atom stereocenters. The summed E-state index contributed by atoms with van der Waals surface area (Å²) >= 11 is 0. The van der Waals surface area contributed by atoms with E-state index in [2.05, 4.69) is 32.1 Å². The first-order valence-electron chi connectivity index (χ1n) is 9.29. The average Bonchev–Trinajstić information content (AvgIpc) is 3.18. The first-order valence-corrected chi connectivity index (χ1v) is 9.29. The minimum Gasteiger partial charge on any atom is -0.396 e. The summed E-state index contributed by atoms with van der Waals surface area (Å²) in [5, 5.41) is 9.86. The van der Waals surface area contributed by atoms with Crippen LogP contribution in [-0.4, -0.2) is 34.9 Å². The standard InChI is InChI=1S/C19H23F3N4O3/c1-3-4-5-6-11-28-23-12-13(2)24-17(27)15-9-7-14(8-10-15)16-25-18(29-26-16)19(20,21)22/h7-10,12-13H,3-6,11H2,1-2H3,(H,24,27). The van der Waals surface area contributed by atoms with E-state index in [1.807, 2.05) is 0 Å². The van der Waals surface area contributed by atoms with Gasteiger partial charge in [-0.1, -0.05) is 42.2 Å². The fourth-order valence-electron chi connectivity index (χ4n) is 2.33. The molecule has 7 nitrogen and oxygen atoms in total. The third-order valence-electron chi connectivity index (χ3n) is 3.88. The number of hydrogen-bond donors (Lipinski definition) is 1. The Morgan fingerprint density at radius 1 is 1.28 bits per heavy atom. The maximum Gasteiger partial charge on any atom is 0.471 e. The van der Waals surface area contributed by atoms with Gasteiger partial charge in [0.05, 0.1) is 12.3 Å². The molecular formula is C19H23F3N4O3. The van der Waals surface area contributed by atoms with E-state index in [1.165, 1.54) is 30.5 Å². The number of unbranched alkanes of at least 4 members (excludes halogenated alkanes) is 3. The van der Waals surface area contributed by atoms with E-state index in [-0.39, 0.29) is 17.8 Å². The van der Waals surface area contributed by atoms with Crippen LogP contribution in [0.3, 0.4) is 0 Å². The van der Waals surface area contributed by atoms with Gasteiger partial charge in [-0.05, 0) is 31.9 Å². The van der Waals surface area contributed by atoms with Crippen molar-refractivity contribution in [1.29, 1.82) is 0 Å². The highest BCUT2D eigenvalue weighted by molar-refractivity contribution is 5.96. The lowest BCUT2D eigenvalue weighted by atomic mass is 10.1. The summed E-state index contributed by atoms with van der Waals surface area (Å²) in [6, 6.07) is 5.45. The monoisotopic (exact) mass is 412 g/mol. The SMILES string of the molecule is CCCCCCON=CC(C)NC(=O)c1ccc(-c2noc(C(F)(F)F)n2)cc1. The van der Waals surface area contributed by atoms with Crippen LogP contribution >= 0.6 is 0 Å². The Morgan fingerprint density at radius 3 is 2.62 bits per heavy atom. The minimum atomic E-state index is -4.71. The summed E-state index contributed by atoms with van der Waals surface area (Å²) in [4.78, 5) is 20.7. The lowest BCUT2D eigenvalue weighted by Gasteiger charge is -2.09. The number of oxime groups is 1. The summed E-state index contributed by atoms with van der Waals surface area (Å²) in [6.45, 7) is 4.41. The van der Waals surface area contributed by atoms with Crippen molar-refractivity contribution in [2.75, 3.05) is 6.61 Å². The number of carbonyl (C=O) groups excluding carboxylic acids is 1. The number of hydrogen-bond acceptors (Lipinski definition) is 6. The van der Waals surface area contributed by atoms with Crippen LogP contribution in [0.25, 0.3) is 11.4 Å². The van der Waals surface area contributed by atoms with Crippen molar-refractivity contribution >= 4 is 12.1 Å². The third kappa shape index (κ3) is 7.20. The predicted molar refractivity (Wildman–Crippen MR) is 100 cm³/mol. The third-order valence-corrected chi connectivity index (χ3v) is 3.88. The van der Waals surface area contributed by atoms with Crippen molar-refractivity contribution in [2.24, 2.45) is 5.16 Å². The number of carbonyl (C=O) groups is 1. The fourth-order valence-corrected chi connectivity index (χ4v) is 2.33. The largest absolute Gasteiger partial charge is 0.471 e. The molecule has 2 aromatic rings. The molecule has 1 aromatic carbocycles. The first kappa shape index (κ1) is 22.4.